The van der Waals surface area contributed by atoms with Gasteiger partial charge in [0.15, 0.2) is 5.96 Å². The summed E-state index contributed by atoms with van der Waals surface area (Å²) < 4.78 is 5.20. The monoisotopic (exact) mass is 476 g/mol. The molecule has 0 saturated heterocycles. The number of aliphatic imine (C=N–C) groups is 1. The van der Waals surface area contributed by atoms with Crippen LogP contribution in [0.4, 0.5) is 5.69 Å². The summed E-state index contributed by atoms with van der Waals surface area (Å²) in [5.74, 6) is 0.866. The number of guanidine groups is 1. The quantitative estimate of drug-likeness (QED) is 0.287. The van der Waals surface area contributed by atoms with E-state index in [4.69, 9.17) is 10.2 Å². The third kappa shape index (κ3) is 6.45. The van der Waals surface area contributed by atoms with Crippen LogP contribution in [0.3, 0.4) is 0 Å². The van der Waals surface area contributed by atoms with Crippen molar-refractivity contribution in [2.24, 2.45) is 10.7 Å². The van der Waals surface area contributed by atoms with Gasteiger partial charge in [-0.3, -0.25) is 4.79 Å². The van der Waals surface area contributed by atoms with E-state index in [-0.39, 0.29) is 29.9 Å². The van der Waals surface area contributed by atoms with Crippen LogP contribution >= 0.6 is 24.0 Å². The lowest BCUT2D eigenvalue weighted by atomic mass is 10.1. The summed E-state index contributed by atoms with van der Waals surface area (Å²) in [6.07, 6.45) is 1.58. The van der Waals surface area contributed by atoms with Crippen LogP contribution in [0, 0.1) is 0 Å². The summed E-state index contributed by atoms with van der Waals surface area (Å²) in [4.78, 5) is 16.6. The molecule has 0 atom stereocenters. The normalized spacial score (nSPS) is 10.7. The van der Waals surface area contributed by atoms with Gasteiger partial charge in [0.2, 0.25) is 0 Å². The average Bonchev–Trinajstić information content (AvgIpc) is 3.19. The van der Waals surface area contributed by atoms with Crippen LogP contribution in [0.15, 0.2) is 82.4 Å². The van der Waals surface area contributed by atoms with Crippen molar-refractivity contribution in [3.8, 4) is 0 Å². The molecule has 0 aliphatic rings. The highest BCUT2D eigenvalue weighted by Gasteiger charge is 2.07. The maximum absolute atomic E-state index is 12.2. The Morgan fingerprint density at radius 1 is 1.04 bits per heavy atom. The van der Waals surface area contributed by atoms with E-state index < -0.39 is 0 Å². The van der Waals surface area contributed by atoms with Crippen LogP contribution in [-0.4, -0.2) is 11.9 Å². The maximum Gasteiger partial charge on any atom is 0.251 e. The molecule has 1 aromatic heterocycles. The number of nitrogens with zero attached hydrogens (tertiary/aromatic N) is 1. The molecular weight excluding hydrogens is 455 g/mol. The molecule has 0 aliphatic heterocycles. The number of nitrogens with two attached hydrogens (primary N) is 1. The minimum absolute atomic E-state index is 0. The third-order valence-corrected chi connectivity index (χ3v) is 3.67. The highest BCUT2D eigenvalue weighted by Crippen LogP contribution is 2.09. The van der Waals surface area contributed by atoms with Gasteiger partial charge in [-0.1, -0.05) is 30.3 Å². The fourth-order valence-corrected chi connectivity index (χ4v) is 2.38. The second kappa shape index (κ2) is 10.4. The van der Waals surface area contributed by atoms with E-state index in [0.717, 1.165) is 11.3 Å². The Morgan fingerprint density at radius 2 is 1.85 bits per heavy atom. The highest BCUT2D eigenvalue weighted by molar-refractivity contribution is 14.0. The zero-order valence-electron chi connectivity index (χ0n) is 14.6. The predicted molar refractivity (Wildman–Crippen MR) is 117 cm³/mol. The molecule has 7 heteroatoms. The van der Waals surface area contributed by atoms with Gasteiger partial charge in [0.25, 0.3) is 5.91 Å². The Balaban J connectivity index is 0.00000261. The van der Waals surface area contributed by atoms with Gasteiger partial charge in [0.05, 0.1) is 19.4 Å². The number of furan rings is 1. The standard InChI is InChI=1S/C20H20N4O2.HI/c21-20(24-17-8-2-1-3-9-17)23-13-15-6-4-7-16(12-15)19(25)22-14-18-10-5-11-26-18;/h1-12H,13-14H2,(H,22,25)(H3,21,23,24);1H. The number of nitrogens with one attached hydrogen (secondary N) is 2. The fraction of sp³-hybridized carbons (Fsp3) is 0.100. The molecular formula is C20H21IN4O2. The number of amides is 1. The molecule has 3 aromatic rings. The Morgan fingerprint density at radius 3 is 2.59 bits per heavy atom. The minimum Gasteiger partial charge on any atom is -0.467 e. The van der Waals surface area contributed by atoms with E-state index in [1.165, 1.54) is 0 Å². The Kier molecular flexibility index (Phi) is 7.87. The van der Waals surface area contributed by atoms with Crippen molar-refractivity contribution in [1.82, 2.24) is 5.32 Å². The van der Waals surface area contributed by atoms with Gasteiger partial charge in [-0.05, 0) is 42.0 Å². The molecule has 0 bridgehead atoms. The molecule has 6 nitrogen and oxygen atoms in total. The van der Waals surface area contributed by atoms with Gasteiger partial charge in [-0.25, -0.2) is 4.99 Å². The van der Waals surface area contributed by atoms with E-state index in [1.54, 1.807) is 24.5 Å². The van der Waals surface area contributed by atoms with Gasteiger partial charge >= 0.3 is 0 Å². The molecule has 1 heterocycles. The average molecular weight is 476 g/mol. The van der Waals surface area contributed by atoms with Crippen LogP contribution < -0.4 is 16.4 Å². The second-order valence-electron chi connectivity index (χ2n) is 5.65. The summed E-state index contributed by atoms with van der Waals surface area (Å²) >= 11 is 0. The largest absolute Gasteiger partial charge is 0.467 e. The molecule has 0 unspecified atom stereocenters. The highest BCUT2D eigenvalue weighted by atomic mass is 127. The van der Waals surface area contributed by atoms with Crippen molar-refractivity contribution < 1.29 is 9.21 Å². The van der Waals surface area contributed by atoms with Crippen molar-refractivity contribution in [1.29, 1.82) is 0 Å². The SMILES string of the molecule is I.NC(=NCc1cccc(C(=O)NCc2ccco2)c1)Nc1ccccc1. The fourth-order valence-electron chi connectivity index (χ4n) is 2.38. The Labute approximate surface area is 174 Å². The summed E-state index contributed by atoms with van der Waals surface area (Å²) in [5, 5.41) is 5.84. The molecule has 27 heavy (non-hydrogen) atoms. The van der Waals surface area contributed by atoms with E-state index in [9.17, 15) is 4.79 Å². The van der Waals surface area contributed by atoms with Gasteiger partial charge in [0, 0.05) is 11.3 Å². The lowest BCUT2D eigenvalue weighted by molar-refractivity contribution is 0.0948. The molecule has 1 amide bonds. The lowest BCUT2D eigenvalue weighted by Crippen LogP contribution is -2.23. The molecule has 0 radical (unpaired) electrons. The van der Waals surface area contributed by atoms with E-state index >= 15 is 0 Å². The van der Waals surface area contributed by atoms with Crippen molar-refractivity contribution in [3.05, 3.63) is 89.9 Å². The van der Waals surface area contributed by atoms with E-state index in [2.05, 4.69) is 15.6 Å². The van der Waals surface area contributed by atoms with Crippen molar-refractivity contribution >= 4 is 41.5 Å². The Hall–Kier alpha value is -2.81. The molecule has 3 rings (SSSR count). The van der Waals surface area contributed by atoms with Crippen LogP contribution in [-0.2, 0) is 13.1 Å². The lowest BCUT2D eigenvalue weighted by Gasteiger charge is -2.07. The second-order valence-corrected chi connectivity index (χ2v) is 5.65. The molecule has 4 N–H and O–H groups in total. The number of hydrogen-bond acceptors (Lipinski definition) is 3. The maximum atomic E-state index is 12.2. The van der Waals surface area contributed by atoms with Gasteiger partial charge in [-0.2, -0.15) is 0 Å². The molecule has 2 aromatic carbocycles. The predicted octanol–water partition coefficient (Wildman–Crippen LogP) is 3.75. The van der Waals surface area contributed by atoms with Crippen molar-refractivity contribution in [3.63, 3.8) is 0 Å². The van der Waals surface area contributed by atoms with Crippen molar-refractivity contribution in [2.75, 3.05) is 5.32 Å². The Bertz CT molecular complexity index is 880. The van der Waals surface area contributed by atoms with Crippen LogP contribution in [0.25, 0.3) is 0 Å². The third-order valence-electron chi connectivity index (χ3n) is 3.67. The molecule has 0 saturated carbocycles. The summed E-state index contributed by atoms with van der Waals surface area (Å²) in [6, 6.07) is 20.5. The first-order chi connectivity index (χ1) is 12.7. The number of carbonyl (C=O) groups is 1. The first kappa shape index (κ1) is 20.5. The number of anilines is 1. The molecule has 0 spiro atoms. The number of benzene rings is 2. The zero-order valence-corrected chi connectivity index (χ0v) is 16.9. The van der Waals surface area contributed by atoms with E-state index in [0.29, 0.717) is 30.4 Å². The summed E-state index contributed by atoms with van der Waals surface area (Å²) in [6.45, 7) is 0.729. The topological polar surface area (TPSA) is 92.6 Å². The van der Waals surface area contributed by atoms with Gasteiger partial charge in [-0.15, -0.1) is 24.0 Å². The smallest absolute Gasteiger partial charge is 0.251 e. The number of hydrogen-bond donors (Lipinski definition) is 3. The van der Waals surface area contributed by atoms with E-state index in [1.807, 2.05) is 48.5 Å². The van der Waals surface area contributed by atoms with Crippen LogP contribution in [0.1, 0.15) is 21.7 Å². The zero-order chi connectivity index (χ0) is 18.2. The summed E-state index contributed by atoms with van der Waals surface area (Å²) in [7, 11) is 0. The first-order valence-electron chi connectivity index (χ1n) is 8.22. The molecule has 0 aliphatic carbocycles. The van der Waals surface area contributed by atoms with Crippen LogP contribution in [0.2, 0.25) is 0 Å². The number of rotatable bonds is 6. The first-order valence-corrected chi connectivity index (χ1v) is 8.22. The van der Waals surface area contributed by atoms with Gasteiger partial charge in [0.1, 0.15) is 5.76 Å². The van der Waals surface area contributed by atoms with Gasteiger partial charge < -0.3 is 20.8 Å². The van der Waals surface area contributed by atoms with Crippen molar-refractivity contribution in [2.45, 2.75) is 13.1 Å². The minimum atomic E-state index is -0.164. The molecule has 0 fully saturated rings. The van der Waals surface area contributed by atoms with Crippen LogP contribution in [0.5, 0.6) is 0 Å². The number of carbonyl (C=O) groups excluding carboxylic acids is 1. The summed E-state index contributed by atoms with van der Waals surface area (Å²) in [5.41, 5.74) is 8.24. The number of para-hydroxylation sites is 1. The molecule has 140 valence electrons. The number of halogens is 1.